The van der Waals surface area contributed by atoms with Crippen LogP contribution in [0.1, 0.15) is 43.6 Å². The Morgan fingerprint density at radius 1 is 1.25 bits per heavy atom. The number of hydrazine groups is 1. The first-order valence-corrected chi connectivity index (χ1v) is 10.3. The summed E-state index contributed by atoms with van der Waals surface area (Å²) in [5, 5.41) is 4.07. The van der Waals surface area contributed by atoms with Gasteiger partial charge in [-0.2, -0.15) is 4.98 Å². The number of carbonyl (C=O) groups excluding carboxylic acids is 1. The Kier molecular flexibility index (Phi) is 5.73. The van der Waals surface area contributed by atoms with E-state index in [9.17, 15) is 4.79 Å². The van der Waals surface area contributed by atoms with Crippen LogP contribution in [0.15, 0.2) is 28.8 Å². The van der Waals surface area contributed by atoms with E-state index >= 15 is 0 Å². The van der Waals surface area contributed by atoms with E-state index in [1.54, 1.807) is 0 Å². The summed E-state index contributed by atoms with van der Waals surface area (Å²) in [5.41, 5.74) is 8.87. The van der Waals surface area contributed by atoms with Gasteiger partial charge in [0.15, 0.2) is 0 Å². The van der Waals surface area contributed by atoms with Gasteiger partial charge in [0.05, 0.1) is 0 Å². The van der Waals surface area contributed by atoms with Gasteiger partial charge in [0, 0.05) is 44.1 Å². The fraction of sp³-hybridized carbons (Fsp3) is 0.571. The summed E-state index contributed by atoms with van der Waals surface area (Å²) >= 11 is 0. The van der Waals surface area contributed by atoms with Crippen LogP contribution in [0.2, 0.25) is 0 Å². The van der Waals surface area contributed by atoms with Crippen LogP contribution in [0.5, 0.6) is 0 Å². The van der Waals surface area contributed by atoms with Crippen LogP contribution in [-0.4, -0.2) is 46.6 Å². The molecule has 0 radical (unpaired) electrons. The van der Waals surface area contributed by atoms with E-state index < -0.39 is 0 Å². The molecule has 2 N–H and O–H groups in total. The molecule has 7 nitrogen and oxygen atoms in total. The average molecular weight is 383 g/mol. The van der Waals surface area contributed by atoms with Gasteiger partial charge < -0.3 is 9.42 Å². The second-order valence-electron chi connectivity index (χ2n) is 8.05. The van der Waals surface area contributed by atoms with E-state index in [4.69, 9.17) is 4.52 Å². The van der Waals surface area contributed by atoms with E-state index in [0.29, 0.717) is 42.6 Å². The number of fused-ring (bicyclic) bond motifs is 1. The smallest absolute Gasteiger partial charge is 0.227 e. The minimum absolute atomic E-state index is 0.108. The molecule has 1 saturated heterocycles. The quantitative estimate of drug-likeness (QED) is 0.797. The number of hydrogen-bond acceptors (Lipinski definition) is 6. The molecule has 150 valence electrons. The predicted octanol–water partition coefficient (Wildman–Crippen LogP) is 2.47. The van der Waals surface area contributed by atoms with Crippen LogP contribution in [0.25, 0.3) is 11.4 Å². The molecule has 1 aromatic carbocycles. The summed E-state index contributed by atoms with van der Waals surface area (Å²) in [6, 6.07) is 8.82. The minimum Gasteiger partial charge on any atom is -0.344 e. The third-order valence-electron chi connectivity index (χ3n) is 6.09. The monoisotopic (exact) mass is 383 g/mol. The first-order chi connectivity index (χ1) is 13.6. The summed E-state index contributed by atoms with van der Waals surface area (Å²) in [7, 11) is 1.88. The molecule has 1 amide bonds. The highest BCUT2D eigenvalue weighted by Gasteiger charge is 2.37. The third kappa shape index (κ3) is 4.10. The van der Waals surface area contributed by atoms with Crippen LogP contribution in [0.4, 0.5) is 0 Å². The highest BCUT2D eigenvalue weighted by atomic mass is 16.5. The number of nitrogens with one attached hydrogen (secondary N) is 2. The number of rotatable bonds is 6. The third-order valence-corrected chi connectivity index (χ3v) is 6.09. The van der Waals surface area contributed by atoms with Gasteiger partial charge in [-0.1, -0.05) is 42.3 Å². The second-order valence-corrected chi connectivity index (χ2v) is 8.05. The summed E-state index contributed by atoms with van der Waals surface area (Å²) in [6.07, 6.45) is 5.89. The molecular weight excluding hydrogens is 354 g/mol. The molecule has 28 heavy (non-hydrogen) atoms. The number of nitrogens with zero attached hydrogens (tertiary/aromatic N) is 3. The van der Waals surface area contributed by atoms with Gasteiger partial charge in [0.25, 0.3) is 0 Å². The van der Waals surface area contributed by atoms with Crippen molar-refractivity contribution >= 4 is 5.91 Å². The standard InChI is InChI=1S/C21H29N5O2/c1-14-7-3-4-8-15(14)21-22-19(28-25-21)11-12-20(27)26(2)13-18-16-9-5-6-10-17(16)23-24-18/h3-4,7-8,16-18,23-24H,5-6,9-13H2,1-2H3. The van der Waals surface area contributed by atoms with Crippen molar-refractivity contribution in [3.63, 3.8) is 0 Å². The van der Waals surface area contributed by atoms with Gasteiger partial charge in [-0.3, -0.25) is 15.6 Å². The molecule has 1 aliphatic heterocycles. The van der Waals surface area contributed by atoms with Crippen molar-refractivity contribution in [1.82, 2.24) is 25.9 Å². The Bertz CT molecular complexity index is 821. The van der Waals surface area contributed by atoms with Crippen molar-refractivity contribution in [2.45, 2.75) is 57.5 Å². The molecule has 2 aliphatic rings. The Morgan fingerprint density at radius 2 is 2.07 bits per heavy atom. The van der Waals surface area contributed by atoms with Gasteiger partial charge in [-0.05, 0) is 31.2 Å². The molecular formula is C21H29N5O2. The van der Waals surface area contributed by atoms with Crippen LogP contribution in [0.3, 0.4) is 0 Å². The first-order valence-electron chi connectivity index (χ1n) is 10.3. The van der Waals surface area contributed by atoms with Crippen molar-refractivity contribution in [2.24, 2.45) is 5.92 Å². The van der Waals surface area contributed by atoms with Gasteiger partial charge in [0.2, 0.25) is 17.6 Å². The maximum Gasteiger partial charge on any atom is 0.227 e. The molecule has 3 unspecified atom stereocenters. The van der Waals surface area contributed by atoms with Crippen LogP contribution in [0, 0.1) is 12.8 Å². The Hall–Kier alpha value is -2.25. The number of likely N-dealkylation sites (N-methyl/N-ethyl adjacent to an activating group) is 1. The van der Waals surface area contributed by atoms with E-state index in [2.05, 4.69) is 21.0 Å². The second kappa shape index (κ2) is 8.41. The SMILES string of the molecule is Cc1ccccc1-c1noc(CCC(=O)N(C)CC2NNC3CCCCC32)n1. The molecule has 3 atom stereocenters. The number of benzene rings is 1. The van der Waals surface area contributed by atoms with Crippen LogP contribution >= 0.6 is 0 Å². The average Bonchev–Trinajstić information content (AvgIpc) is 3.34. The molecule has 4 rings (SSSR count). The maximum atomic E-state index is 12.6. The van der Waals surface area contributed by atoms with Gasteiger partial charge in [-0.25, -0.2) is 0 Å². The summed E-state index contributed by atoms with van der Waals surface area (Å²) in [6.45, 7) is 2.75. The zero-order valence-electron chi connectivity index (χ0n) is 16.6. The number of aryl methyl sites for hydroxylation is 2. The van der Waals surface area contributed by atoms with Crippen molar-refractivity contribution in [2.75, 3.05) is 13.6 Å². The lowest BCUT2D eigenvalue weighted by Crippen LogP contribution is -2.43. The van der Waals surface area contributed by atoms with E-state index in [-0.39, 0.29) is 5.91 Å². The number of hydrogen-bond donors (Lipinski definition) is 2. The highest BCUT2D eigenvalue weighted by Crippen LogP contribution is 2.30. The normalized spacial score (nSPS) is 24.1. The molecule has 7 heteroatoms. The molecule has 1 aliphatic carbocycles. The van der Waals surface area contributed by atoms with Crippen molar-refractivity contribution in [3.8, 4) is 11.4 Å². The van der Waals surface area contributed by atoms with Crippen molar-refractivity contribution in [3.05, 3.63) is 35.7 Å². The zero-order chi connectivity index (χ0) is 19.5. The van der Waals surface area contributed by atoms with E-state index in [1.165, 1.54) is 25.7 Å². The molecule has 0 spiro atoms. The highest BCUT2D eigenvalue weighted by molar-refractivity contribution is 5.76. The minimum atomic E-state index is 0.108. The fourth-order valence-corrected chi connectivity index (χ4v) is 4.41. The number of carbonyl (C=O) groups is 1. The Morgan fingerprint density at radius 3 is 2.93 bits per heavy atom. The lowest BCUT2D eigenvalue weighted by atomic mass is 9.81. The lowest BCUT2D eigenvalue weighted by molar-refractivity contribution is -0.130. The largest absolute Gasteiger partial charge is 0.344 e. The molecule has 0 bridgehead atoms. The van der Waals surface area contributed by atoms with Crippen LogP contribution in [-0.2, 0) is 11.2 Å². The number of amides is 1. The summed E-state index contributed by atoms with van der Waals surface area (Å²) in [5.74, 6) is 1.82. The molecule has 1 aromatic heterocycles. The molecule has 2 aromatic rings. The molecule has 1 saturated carbocycles. The summed E-state index contributed by atoms with van der Waals surface area (Å²) in [4.78, 5) is 18.9. The van der Waals surface area contributed by atoms with Crippen LogP contribution < -0.4 is 10.9 Å². The van der Waals surface area contributed by atoms with Crippen molar-refractivity contribution in [1.29, 1.82) is 0 Å². The van der Waals surface area contributed by atoms with Gasteiger partial charge in [0.1, 0.15) is 0 Å². The molecule has 2 fully saturated rings. The van der Waals surface area contributed by atoms with Gasteiger partial charge >= 0.3 is 0 Å². The van der Waals surface area contributed by atoms with Gasteiger partial charge in [-0.15, -0.1) is 0 Å². The van der Waals surface area contributed by atoms with Crippen molar-refractivity contribution < 1.29 is 9.32 Å². The number of aromatic nitrogens is 2. The molecule has 2 heterocycles. The summed E-state index contributed by atoms with van der Waals surface area (Å²) < 4.78 is 5.35. The Balaban J connectivity index is 1.29. The maximum absolute atomic E-state index is 12.6. The van der Waals surface area contributed by atoms with E-state index in [1.807, 2.05) is 43.1 Å². The van der Waals surface area contributed by atoms with E-state index in [0.717, 1.165) is 17.7 Å². The Labute approximate surface area is 165 Å². The zero-order valence-corrected chi connectivity index (χ0v) is 16.6. The predicted molar refractivity (Wildman–Crippen MR) is 106 cm³/mol. The fourth-order valence-electron chi connectivity index (χ4n) is 4.41. The lowest BCUT2D eigenvalue weighted by Gasteiger charge is -2.29. The first kappa shape index (κ1) is 19.1. The topological polar surface area (TPSA) is 83.3 Å².